The minimum absolute atomic E-state index is 0.00360. The summed E-state index contributed by atoms with van der Waals surface area (Å²) in [5, 5.41) is 2.51. The van der Waals surface area contributed by atoms with Gasteiger partial charge in [0, 0.05) is 17.3 Å². The molecule has 0 fully saturated rings. The van der Waals surface area contributed by atoms with Gasteiger partial charge in [0.1, 0.15) is 12.4 Å². The number of nitrogen functional groups attached to an aromatic ring is 1. The number of halogens is 3. The van der Waals surface area contributed by atoms with Crippen LogP contribution in [0.1, 0.15) is 31.9 Å². The Morgan fingerprint density at radius 1 is 1.40 bits per heavy atom. The summed E-state index contributed by atoms with van der Waals surface area (Å²) >= 11 is 0. The van der Waals surface area contributed by atoms with Gasteiger partial charge in [0.25, 0.3) is 0 Å². The number of nitrogens with two attached hydrogens (primary N) is 1. The summed E-state index contributed by atoms with van der Waals surface area (Å²) in [6, 6.07) is 0.812. The number of hydrogen-bond acceptors (Lipinski definition) is 4. The quantitative estimate of drug-likeness (QED) is 0.878. The van der Waals surface area contributed by atoms with Gasteiger partial charge in [-0.1, -0.05) is 0 Å². The Morgan fingerprint density at radius 2 is 2.00 bits per heavy atom. The van der Waals surface area contributed by atoms with E-state index in [2.05, 4.69) is 10.3 Å². The number of hydrogen-bond donors (Lipinski definition) is 2. The maximum atomic E-state index is 12.5. The van der Waals surface area contributed by atoms with Crippen molar-refractivity contribution < 1.29 is 22.7 Å². The molecule has 5 nitrogen and oxygen atoms in total. The first-order valence-electron chi connectivity index (χ1n) is 5.75. The SMILES string of the molecule is CC(C)(C)NC(=O)OCc1cc(C(F)(F)F)cnc1N. The smallest absolute Gasteiger partial charge is 0.417 e. The molecule has 0 aromatic carbocycles. The van der Waals surface area contributed by atoms with Gasteiger partial charge < -0.3 is 15.8 Å². The molecule has 1 aromatic rings. The van der Waals surface area contributed by atoms with Crippen molar-refractivity contribution in [3.8, 4) is 0 Å². The largest absolute Gasteiger partial charge is 0.445 e. The number of nitrogens with zero attached hydrogens (tertiary/aromatic N) is 1. The summed E-state index contributed by atoms with van der Waals surface area (Å²) in [4.78, 5) is 14.9. The van der Waals surface area contributed by atoms with Gasteiger partial charge in [-0.3, -0.25) is 0 Å². The summed E-state index contributed by atoms with van der Waals surface area (Å²) < 4.78 is 42.4. The molecule has 0 saturated heterocycles. The molecule has 1 rings (SSSR count). The van der Waals surface area contributed by atoms with E-state index in [-0.39, 0.29) is 18.0 Å². The van der Waals surface area contributed by atoms with E-state index in [9.17, 15) is 18.0 Å². The van der Waals surface area contributed by atoms with Gasteiger partial charge in [-0.15, -0.1) is 0 Å². The third-order valence-electron chi connectivity index (χ3n) is 2.16. The Hall–Kier alpha value is -1.99. The van der Waals surface area contributed by atoms with Crippen molar-refractivity contribution >= 4 is 11.9 Å². The Morgan fingerprint density at radius 3 is 2.50 bits per heavy atom. The fourth-order valence-corrected chi connectivity index (χ4v) is 1.28. The van der Waals surface area contributed by atoms with Crippen LogP contribution in [0.5, 0.6) is 0 Å². The van der Waals surface area contributed by atoms with E-state index in [1.807, 2.05) is 0 Å². The van der Waals surface area contributed by atoms with Crippen molar-refractivity contribution in [2.45, 2.75) is 39.1 Å². The molecule has 0 bridgehead atoms. The van der Waals surface area contributed by atoms with Crippen molar-refractivity contribution in [3.63, 3.8) is 0 Å². The van der Waals surface area contributed by atoms with Gasteiger partial charge in [-0.2, -0.15) is 13.2 Å². The monoisotopic (exact) mass is 291 g/mol. The molecule has 1 heterocycles. The number of anilines is 1. The fourth-order valence-electron chi connectivity index (χ4n) is 1.28. The molecule has 8 heteroatoms. The van der Waals surface area contributed by atoms with E-state index in [0.29, 0.717) is 6.20 Å². The predicted octanol–water partition coefficient (Wildman–Crippen LogP) is 2.71. The maximum absolute atomic E-state index is 12.5. The van der Waals surface area contributed by atoms with Crippen LogP contribution >= 0.6 is 0 Å². The van der Waals surface area contributed by atoms with Crippen molar-refractivity contribution in [3.05, 3.63) is 23.4 Å². The van der Waals surface area contributed by atoms with Gasteiger partial charge in [-0.05, 0) is 26.8 Å². The highest BCUT2D eigenvalue weighted by Gasteiger charge is 2.31. The van der Waals surface area contributed by atoms with Crippen LogP contribution in [0.15, 0.2) is 12.3 Å². The van der Waals surface area contributed by atoms with Crippen LogP contribution in [-0.4, -0.2) is 16.6 Å². The van der Waals surface area contributed by atoms with Gasteiger partial charge in [0.05, 0.1) is 5.56 Å². The molecule has 0 aliphatic carbocycles. The number of ether oxygens (including phenoxy) is 1. The van der Waals surface area contributed by atoms with Crippen LogP contribution in [0.2, 0.25) is 0 Å². The fraction of sp³-hybridized carbons (Fsp3) is 0.500. The van der Waals surface area contributed by atoms with Crippen LogP contribution in [-0.2, 0) is 17.5 Å². The molecule has 1 amide bonds. The number of pyridine rings is 1. The Bertz CT molecular complexity index is 496. The molecular weight excluding hydrogens is 275 g/mol. The molecule has 0 saturated carbocycles. The highest BCUT2D eigenvalue weighted by atomic mass is 19.4. The lowest BCUT2D eigenvalue weighted by Gasteiger charge is -2.20. The first kappa shape index (κ1) is 16.1. The minimum atomic E-state index is -4.52. The molecule has 0 radical (unpaired) electrons. The van der Waals surface area contributed by atoms with Crippen molar-refractivity contribution in [2.75, 3.05) is 5.73 Å². The molecule has 0 aliphatic heterocycles. The Balaban J connectivity index is 2.75. The van der Waals surface area contributed by atoms with Crippen LogP contribution in [0.4, 0.5) is 23.8 Å². The number of alkyl carbamates (subject to hydrolysis) is 1. The average molecular weight is 291 g/mol. The van der Waals surface area contributed by atoms with Crippen molar-refractivity contribution in [2.24, 2.45) is 0 Å². The predicted molar refractivity (Wildman–Crippen MR) is 66.7 cm³/mol. The summed E-state index contributed by atoms with van der Waals surface area (Å²) in [5.74, 6) is -0.110. The lowest BCUT2D eigenvalue weighted by Crippen LogP contribution is -2.40. The molecular formula is C12H16F3N3O2. The van der Waals surface area contributed by atoms with E-state index in [1.54, 1.807) is 20.8 Å². The van der Waals surface area contributed by atoms with E-state index in [1.165, 1.54) is 0 Å². The van der Waals surface area contributed by atoms with Crippen molar-refractivity contribution in [1.29, 1.82) is 0 Å². The zero-order valence-electron chi connectivity index (χ0n) is 11.3. The van der Waals surface area contributed by atoms with Crippen LogP contribution < -0.4 is 11.1 Å². The number of nitrogens with one attached hydrogen (secondary N) is 1. The molecule has 0 aliphatic rings. The molecule has 0 unspecified atom stereocenters. The number of carbonyl (C=O) groups is 1. The first-order chi connectivity index (χ1) is 8.99. The summed E-state index contributed by atoms with van der Waals surface area (Å²) in [5.41, 5.74) is 4.01. The number of aromatic nitrogens is 1. The summed E-state index contributed by atoms with van der Waals surface area (Å²) in [6.07, 6.45) is -4.63. The van der Waals surface area contributed by atoms with Crippen LogP contribution in [0.25, 0.3) is 0 Å². The molecule has 1 aromatic heterocycles. The lowest BCUT2D eigenvalue weighted by molar-refractivity contribution is -0.137. The van der Waals surface area contributed by atoms with Crippen LogP contribution in [0, 0.1) is 0 Å². The summed E-state index contributed by atoms with van der Waals surface area (Å²) in [7, 11) is 0. The van der Waals surface area contributed by atoms with Crippen LogP contribution in [0.3, 0.4) is 0 Å². The maximum Gasteiger partial charge on any atom is 0.417 e. The second-order valence-corrected chi connectivity index (χ2v) is 5.22. The topological polar surface area (TPSA) is 77.2 Å². The Labute approximate surface area is 114 Å². The summed E-state index contributed by atoms with van der Waals surface area (Å²) in [6.45, 7) is 4.85. The molecule has 3 N–H and O–H groups in total. The van der Waals surface area contributed by atoms with E-state index in [4.69, 9.17) is 10.5 Å². The standard InChI is InChI=1S/C12H16F3N3O2/c1-11(2,3)18-10(19)20-6-7-4-8(12(13,14)15)5-17-9(7)16/h4-5H,6H2,1-3H3,(H2,16,17)(H,18,19). The lowest BCUT2D eigenvalue weighted by atomic mass is 10.1. The average Bonchev–Trinajstić information content (AvgIpc) is 2.24. The zero-order valence-corrected chi connectivity index (χ0v) is 11.3. The molecule has 112 valence electrons. The first-order valence-corrected chi connectivity index (χ1v) is 5.75. The van der Waals surface area contributed by atoms with Gasteiger partial charge in [0.15, 0.2) is 0 Å². The van der Waals surface area contributed by atoms with Gasteiger partial charge in [-0.25, -0.2) is 9.78 Å². The molecule has 0 atom stereocenters. The van der Waals surface area contributed by atoms with Gasteiger partial charge >= 0.3 is 12.3 Å². The zero-order chi connectivity index (χ0) is 15.6. The second-order valence-electron chi connectivity index (χ2n) is 5.22. The third kappa shape index (κ3) is 4.94. The second kappa shape index (κ2) is 5.56. The van der Waals surface area contributed by atoms with E-state index < -0.39 is 23.4 Å². The number of amides is 1. The normalized spacial score (nSPS) is 12.1. The van der Waals surface area contributed by atoms with Crippen molar-refractivity contribution in [1.82, 2.24) is 10.3 Å². The Kier molecular flexibility index (Phi) is 4.46. The van der Waals surface area contributed by atoms with E-state index >= 15 is 0 Å². The highest BCUT2D eigenvalue weighted by Crippen LogP contribution is 2.30. The third-order valence-corrected chi connectivity index (χ3v) is 2.16. The number of alkyl halides is 3. The highest BCUT2D eigenvalue weighted by molar-refractivity contribution is 5.68. The minimum Gasteiger partial charge on any atom is -0.445 e. The number of carbonyl (C=O) groups excluding carboxylic acids is 1. The molecule has 20 heavy (non-hydrogen) atoms. The number of rotatable bonds is 2. The van der Waals surface area contributed by atoms with Gasteiger partial charge in [0.2, 0.25) is 0 Å². The van der Waals surface area contributed by atoms with E-state index in [0.717, 1.165) is 6.07 Å². The molecule has 0 spiro atoms.